The van der Waals surface area contributed by atoms with E-state index in [1.54, 1.807) is 22.4 Å². The van der Waals surface area contributed by atoms with Crippen LogP contribution in [0, 0.1) is 13.8 Å². The molecule has 1 aliphatic rings. The van der Waals surface area contributed by atoms with Gasteiger partial charge >= 0.3 is 0 Å². The fraction of sp³-hybridized carbons (Fsp3) is 0.455. The number of fused-ring (bicyclic) bond motifs is 1. The number of thiophene rings is 1. The predicted octanol–water partition coefficient (Wildman–Crippen LogP) is 3.72. The van der Waals surface area contributed by atoms with Crippen molar-refractivity contribution in [3.8, 4) is 0 Å². The molecule has 1 atom stereocenters. The van der Waals surface area contributed by atoms with Gasteiger partial charge in [-0.05, 0) is 63.4 Å². The van der Waals surface area contributed by atoms with Gasteiger partial charge in [0, 0.05) is 19.6 Å². The maximum absolute atomic E-state index is 13.8. The molecule has 4 rings (SSSR count). The summed E-state index contributed by atoms with van der Waals surface area (Å²) >= 11 is 2.69. The van der Waals surface area contributed by atoms with Gasteiger partial charge in [-0.3, -0.25) is 9.69 Å². The predicted molar refractivity (Wildman–Crippen MR) is 131 cm³/mol. The number of aromatic nitrogens is 1. The third kappa shape index (κ3) is 4.34. The number of amides is 1. The first-order valence-electron chi connectivity index (χ1n) is 10.6. The first-order valence-corrected chi connectivity index (χ1v) is 13.7. The summed E-state index contributed by atoms with van der Waals surface area (Å²) in [4.78, 5) is 22.3. The lowest BCUT2D eigenvalue weighted by Crippen LogP contribution is -2.49. The molecule has 1 saturated heterocycles. The molecular formula is C22H28N4O3S3. The van der Waals surface area contributed by atoms with Crippen molar-refractivity contribution < 1.29 is 13.2 Å². The van der Waals surface area contributed by atoms with Crippen LogP contribution in [0.4, 0.5) is 5.13 Å². The number of anilines is 1. The summed E-state index contributed by atoms with van der Waals surface area (Å²) in [6.07, 6.45) is 1.19. The van der Waals surface area contributed by atoms with Gasteiger partial charge in [-0.1, -0.05) is 29.5 Å². The SMILES string of the molecule is Cc1ccc(C)c2sc(N(CCN(C)C)C(=O)C3CCCN3S(=O)(=O)c3cccs3)nc12. The van der Waals surface area contributed by atoms with Crippen LogP contribution in [0.5, 0.6) is 0 Å². The normalized spacial score (nSPS) is 17.5. The van der Waals surface area contributed by atoms with E-state index < -0.39 is 16.1 Å². The highest BCUT2D eigenvalue weighted by atomic mass is 32.2. The van der Waals surface area contributed by atoms with Crippen LogP contribution < -0.4 is 4.90 Å². The number of carbonyl (C=O) groups is 1. The monoisotopic (exact) mass is 492 g/mol. The van der Waals surface area contributed by atoms with Crippen LogP contribution in [0.3, 0.4) is 0 Å². The average Bonchev–Trinajstić information content (AvgIpc) is 3.51. The van der Waals surface area contributed by atoms with Crippen molar-refractivity contribution in [3.63, 3.8) is 0 Å². The smallest absolute Gasteiger partial charge is 0.253 e. The van der Waals surface area contributed by atoms with Crippen molar-refractivity contribution in [2.24, 2.45) is 0 Å². The Morgan fingerprint density at radius 1 is 1.19 bits per heavy atom. The Morgan fingerprint density at radius 2 is 1.94 bits per heavy atom. The first kappa shape index (κ1) is 23.3. The third-order valence-electron chi connectivity index (χ3n) is 5.75. The quantitative estimate of drug-likeness (QED) is 0.503. The highest BCUT2D eigenvalue weighted by Gasteiger charge is 2.42. The number of nitrogens with zero attached hydrogens (tertiary/aromatic N) is 4. The van der Waals surface area contributed by atoms with Crippen LogP contribution in [0.2, 0.25) is 0 Å². The summed E-state index contributed by atoms with van der Waals surface area (Å²) in [6, 6.07) is 6.72. The van der Waals surface area contributed by atoms with E-state index in [0.29, 0.717) is 37.6 Å². The van der Waals surface area contributed by atoms with Gasteiger partial charge in [0.15, 0.2) is 5.13 Å². The van der Waals surface area contributed by atoms with Gasteiger partial charge in [-0.25, -0.2) is 13.4 Å². The minimum absolute atomic E-state index is 0.196. The zero-order valence-corrected chi connectivity index (χ0v) is 21.2. The Morgan fingerprint density at radius 3 is 2.59 bits per heavy atom. The van der Waals surface area contributed by atoms with E-state index >= 15 is 0 Å². The van der Waals surface area contributed by atoms with E-state index in [0.717, 1.165) is 21.3 Å². The van der Waals surface area contributed by atoms with Crippen LogP contribution >= 0.6 is 22.7 Å². The second-order valence-corrected chi connectivity index (χ2v) is 12.4. The molecule has 3 heterocycles. The molecule has 1 aliphatic heterocycles. The number of hydrogen-bond donors (Lipinski definition) is 0. The summed E-state index contributed by atoms with van der Waals surface area (Å²) in [7, 11) is 0.216. The van der Waals surface area contributed by atoms with Crippen molar-refractivity contribution in [2.75, 3.05) is 38.6 Å². The molecule has 0 saturated carbocycles. The molecule has 7 nitrogen and oxygen atoms in total. The Bertz CT molecular complexity index is 1180. The molecule has 0 aliphatic carbocycles. The Balaban J connectivity index is 1.71. The fourth-order valence-corrected chi connectivity index (χ4v) is 7.86. The van der Waals surface area contributed by atoms with Gasteiger partial charge in [0.1, 0.15) is 10.3 Å². The van der Waals surface area contributed by atoms with Crippen molar-refractivity contribution >= 4 is 54.0 Å². The summed E-state index contributed by atoms with van der Waals surface area (Å²) < 4.78 is 29.2. The molecule has 0 N–H and O–H groups in total. The molecule has 2 aromatic heterocycles. The third-order valence-corrected chi connectivity index (χ3v) is 10.2. The Labute approximate surface area is 197 Å². The van der Waals surface area contributed by atoms with E-state index in [4.69, 9.17) is 4.98 Å². The maximum atomic E-state index is 13.8. The maximum Gasteiger partial charge on any atom is 0.253 e. The van der Waals surface area contributed by atoms with E-state index in [1.165, 1.54) is 27.0 Å². The zero-order valence-electron chi connectivity index (χ0n) is 18.7. The lowest BCUT2D eigenvalue weighted by molar-refractivity contribution is -0.121. The molecule has 1 amide bonds. The minimum atomic E-state index is -3.70. The van der Waals surface area contributed by atoms with Gasteiger partial charge in [0.25, 0.3) is 10.0 Å². The number of sulfonamides is 1. The molecule has 0 bridgehead atoms. The van der Waals surface area contributed by atoms with Crippen molar-refractivity contribution in [2.45, 2.75) is 36.9 Å². The summed E-state index contributed by atoms with van der Waals surface area (Å²) in [5, 5.41) is 2.37. The molecule has 1 unspecified atom stereocenters. The largest absolute Gasteiger partial charge is 0.308 e. The summed E-state index contributed by atoms with van der Waals surface area (Å²) in [5.41, 5.74) is 3.09. The second-order valence-electron chi connectivity index (χ2n) is 8.37. The number of thiazole rings is 1. The molecule has 0 radical (unpaired) electrons. The van der Waals surface area contributed by atoms with E-state index in [-0.39, 0.29) is 10.1 Å². The lowest BCUT2D eigenvalue weighted by Gasteiger charge is -2.29. The standard InChI is InChI=1S/C22H28N4O3S3/c1-15-9-10-16(2)20-19(15)23-22(31-20)25(13-12-24(3)4)21(27)17-7-5-11-26(17)32(28,29)18-8-6-14-30-18/h6,8-10,14,17H,5,7,11-13H2,1-4H3. The summed E-state index contributed by atoms with van der Waals surface area (Å²) in [5.74, 6) is -0.196. The highest BCUT2D eigenvalue weighted by molar-refractivity contribution is 7.91. The lowest BCUT2D eigenvalue weighted by atomic mass is 10.1. The topological polar surface area (TPSA) is 73.8 Å². The molecule has 0 spiro atoms. The highest BCUT2D eigenvalue weighted by Crippen LogP contribution is 2.35. The summed E-state index contributed by atoms with van der Waals surface area (Å²) in [6.45, 7) is 5.53. The Kier molecular flexibility index (Phi) is 6.69. The van der Waals surface area contributed by atoms with Crippen molar-refractivity contribution in [3.05, 3.63) is 40.8 Å². The number of benzene rings is 1. The molecule has 172 valence electrons. The average molecular weight is 493 g/mol. The fourth-order valence-electron chi connectivity index (χ4n) is 3.94. The number of carbonyl (C=O) groups excluding carboxylic acids is 1. The van der Waals surface area contributed by atoms with Gasteiger partial charge in [-0.15, -0.1) is 11.3 Å². The molecule has 1 fully saturated rings. The first-order chi connectivity index (χ1) is 15.2. The number of aryl methyl sites for hydroxylation is 2. The van der Waals surface area contributed by atoms with E-state index in [9.17, 15) is 13.2 Å². The molecule has 32 heavy (non-hydrogen) atoms. The van der Waals surface area contributed by atoms with Crippen LogP contribution in [-0.2, 0) is 14.8 Å². The van der Waals surface area contributed by atoms with Crippen LogP contribution in [0.1, 0.15) is 24.0 Å². The van der Waals surface area contributed by atoms with Crippen molar-refractivity contribution in [1.29, 1.82) is 0 Å². The molecule has 1 aromatic carbocycles. The van der Waals surface area contributed by atoms with Gasteiger partial charge in [0.2, 0.25) is 5.91 Å². The van der Waals surface area contributed by atoms with E-state index in [1.807, 2.05) is 38.9 Å². The number of rotatable bonds is 7. The second kappa shape index (κ2) is 9.18. The van der Waals surface area contributed by atoms with Crippen LogP contribution in [0.15, 0.2) is 33.9 Å². The van der Waals surface area contributed by atoms with E-state index in [2.05, 4.69) is 6.07 Å². The van der Waals surface area contributed by atoms with Crippen LogP contribution in [0.25, 0.3) is 10.2 Å². The van der Waals surface area contributed by atoms with Crippen molar-refractivity contribution in [1.82, 2.24) is 14.2 Å². The number of likely N-dealkylation sites (N-methyl/N-ethyl adjacent to an activating group) is 1. The van der Waals surface area contributed by atoms with Gasteiger partial charge < -0.3 is 4.90 Å². The van der Waals surface area contributed by atoms with Gasteiger partial charge in [0.05, 0.1) is 10.2 Å². The molecule has 10 heteroatoms. The molecular weight excluding hydrogens is 464 g/mol. The van der Waals surface area contributed by atoms with Crippen LogP contribution in [-0.4, -0.2) is 68.3 Å². The Hall–Kier alpha value is -1.85. The number of hydrogen-bond acceptors (Lipinski definition) is 7. The minimum Gasteiger partial charge on any atom is -0.308 e. The zero-order chi connectivity index (χ0) is 23.0. The molecule has 3 aromatic rings. The van der Waals surface area contributed by atoms with Gasteiger partial charge in [-0.2, -0.15) is 4.31 Å².